The Balaban J connectivity index is 1.66. The second-order valence-electron chi connectivity index (χ2n) is 6.13. The van der Waals surface area contributed by atoms with Crippen LogP contribution < -0.4 is 14.8 Å². The molecule has 0 radical (unpaired) electrons. The molecule has 2 aromatic rings. The van der Waals surface area contributed by atoms with Crippen molar-refractivity contribution >= 4 is 11.9 Å². The van der Waals surface area contributed by atoms with E-state index in [9.17, 15) is 9.59 Å². The van der Waals surface area contributed by atoms with E-state index in [0.717, 1.165) is 22.4 Å². The van der Waals surface area contributed by atoms with Crippen LogP contribution in [-0.4, -0.2) is 38.7 Å². The summed E-state index contributed by atoms with van der Waals surface area (Å²) in [7, 11) is 1.61. The van der Waals surface area contributed by atoms with Crippen molar-refractivity contribution in [3.8, 4) is 11.5 Å². The van der Waals surface area contributed by atoms with Gasteiger partial charge in [-0.25, -0.2) is 4.79 Å². The van der Waals surface area contributed by atoms with Crippen molar-refractivity contribution in [2.45, 2.75) is 20.3 Å². The Morgan fingerprint density at radius 3 is 2.52 bits per heavy atom. The zero-order valence-corrected chi connectivity index (χ0v) is 15.9. The summed E-state index contributed by atoms with van der Waals surface area (Å²) in [6, 6.07) is 13.3. The van der Waals surface area contributed by atoms with Gasteiger partial charge >= 0.3 is 5.97 Å². The number of carbonyl (C=O) groups is 2. The molecule has 27 heavy (non-hydrogen) atoms. The predicted molar refractivity (Wildman–Crippen MR) is 102 cm³/mol. The van der Waals surface area contributed by atoms with Crippen LogP contribution in [0.3, 0.4) is 0 Å². The van der Waals surface area contributed by atoms with E-state index in [1.807, 2.05) is 56.3 Å². The smallest absolute Gasteiger partial charge is 0.344 e. The van der Waals surface area contributed by atoms with Crippen LogP contribution in [0.25, 0.3) is 0 Å². The third kappa shape index (κ3) is 6.66. The fraction of sp³-hybridized carbons (Fsp3) is 0.333. The molecule has 0 aliphatic rings. The molecule has 1 amide bonds. The summed E-state index contributed by atoms with van der Waals surface area (Å²) in [4.78, 5) is 23.5. The molecule has 2 aromatic carbocycles. The number of hydrogen-bond acceptors (Lipinski definition) is 5. The van der Waals surface area contributed by atoms with Crippen LogP contribution >= 0.6 is 0 Å². The molecule has 2 rings (SSSR count). The Bertz CT molecular complexity index is 788. The largest absolute Gasteiger partial charge is 0.496 e. The SMILES string of the molecule is COc1ccccc1CCNC(=O)COC(=O)COc1ccc(C)cc1C. The van der Waals surface area contributed by atoms with E-state index in [-0.39, 0.29) is 19.1 Å². The summed E-state index contributed by atoms with van der Waals surface area (Å²) in [5.41, 5.74) is 3.06. The van der Waals surface area contributed by atoms with Crippen LogP contribution in [0.1, 0.15) is 16.7 Å². The molecule has 0 saturated heterocycles. The molecule has 0 bridgehead atoms. The van der Waals surface area contributed by atoms with Gasteiger partial charge in [-0.05, 0) is 43.5 Å². The van der Waals surface area contributed by atoms with Gasteiger partial charge in [0.25, 0.3) is 5.91 Å². The third-order valence-corrected chi connectivity index (χ3v) is 3.95. The molecule has 0 heterocycles. The van der Waals surface area contributed by atoms with Gasteiger partial charge in [0, 0.05) is 6.54 Å². The lowest BCUT2D eigenvalue weighted by Gasteiger charge is -2.10. The Labute approximate surface area is 159 Å². The summed E-state index contributed by atoms with van der Waals surface area (Å²) >= 11 is 0. The van der Waals surface area contributed by atoms with E-state index >= 15 is 0 Å². The van der Waals surface area contributed by atoms with Crippen molar-refractivity contribution in [3.05, 3.63) is 59.2 Å². The Morgan fingerprint density at radius 1 is 1.00 bits per heavy atom. The maximum atomic E-state index is 11.8. The van der Waals surface area contributed by atoms with Gasteiger partial charge in [0.2, 0.25) is 0 Å². The van der Waals surface area contributed by atoms with E-state index in [1.54, 1.807) is 7.11 Å². The first kappa shape index (κ1) is 20.3. The fourth-order valence-corrected chi connectivity index (χ4v) is 2.58. The Kier molecular flexibility index (Phi) is 7.67. The zero-order chi connectivity index (χ0) is 19.6. The molecular weight excluding hydrogens is 346 g/mol. The van der Waals surface area contributed by atoms with Crippen molar-refractivity contribution in [1.82, 2.24) is 5.32 Å². The lowest BCUT2D eigenvalue weighted by molar-refractivity contribution is -0.150. The van der Waals surface area contributed by atoms with Crippen LogP contribution in [0.5, 0.6) is 11.5 Å². The number of methoxy groups -OCH3 is 1. The quantitative estimate of drug-likeness (QED) is 0.686. The first-order valence-corrected chi connectivity index (χ1v) is 8.74. The van der Waals surface area contributed by atoms with Gasteiger partial charge in [0.05, 0.1) is 7.11 Å². The van der Waals surface area contributed by atoms with Gasteiger partial charge < -0.3 is 19.5 Å². The number of benzene rings is 2. The number of aryl methyl sites for hydroxylation is 2. The summed E-state index contributed by atoms with van der Waals surface area (Å²) in [5.74, 6) is 0.458. The van der Waals surface area contributed by atoms with Crippen LogP contribution in [0.4, 0.5) is 0 Å². The Morgan fingerprint density at radius 2 is 1.78 bits per heavy atom. The standard InChI is InChI=1S/C21H25NO5/c1-15-8-9-18(16(2)12-15)26-14-21(24)27-13-20(23)22-11-10-17-6-4-5-7-19(17)25-3/h4-9,12H,10-11,13-14H2,1-3H3,(H,22,23). The number of amides is 1. The number of rotatable bonds is 9. The van der Waals surface area contributed by atoms with Crippen molar-refractivity contribution in [3.63, 3.8) is 0 Å². The fourth-order valence-electron chi connectivity index (χ4n) is 2.58. The summed E-state index contributed by atoms with van der Waals surface area (Å²) < 4.78 is 15.6. The van der Waals surface area contributed by atoms with E-state index in [2.05, 4.69) is 5.32 Å². The lowest BCUT2D eigenvalue weighted by Crippen LogP contribution is -2.31. The van der Waals surface area contributed by atoms with E-state index in [0.29, 0.717) is 18.7 Å². The van der Waals surface area contributed by atoms with Crippen LogP contribution in [0.15, 0.2) is 42.5 Å². The first-order chi connectivity index (χ1) is 13.0. The van der Waals surface area contributed by atoms with Gasteiger partial charge in [-0.2, -0.15) is 0 Å². The molecule has 0 fully saturated rings. The van der Waals surface area contributed by atoms with E-state index in [4.69, 9.17) is 14.2 Å². The second kappa shape index (κ2) is 10.2. The molecule has 0 aliphatic carbocycles. The van der Waals surface area contributed by atoms with E-state index in [1.165, 1.54) is 0 Å². The van der Waals surface area contributed by atoms with Crippen molar-refractivity contribution < 1.29 is 23.8 Å². The highest BCUT2D eigenvalue weighted by atomic mass is 16.6. The molecule has 0 saturated carbocycles. The highest BCUT2D eigenvalue weighted by Gasteiger charge is 2.10. The van der Waals surface area contributed by atoms with Gasteiger partial charge in [0.1, 0.15) is 11.5 Å². The summed E-state index contributed by atoms with van der Waals surface area (Å²) in [6.45, 7) is 3.75. The number of ether oxygens (including phenoxy) is 3. The Hall–Kier alpha value is -3.02. The highest BCUT2D eigenvalue weighted by Crippen LogP contribution is 2.18. The molecular formula is C21H25NO5. The minimum Gasteiger partial charge on any atom is -0.496 e. The van der Waals surface area contributed by atoms with Gasteiger partial charge in [-0.3, -0.25) is 4.79 Å². The number of nitrogens with one attached hydrogen (secondary N) is 1. The maximum absolute atomic E-state index is 11.8. The molecule has 0 unspecified atom stereocenters. The highest BCUT2D eigenvalue weighted by molar-refractivity contribution is 5.80. The molecule has 0 aromatic heterocycles. The zero-order valence-electron chi connectivity index (χ0n) is 15.9. The van der Waals surface area contributed by atoms with Crippen molar-refractivity contribution in [2.75, 3.05) is 26.9 Å². The van der Waals surface area contributed by atoms with Crippen LogP contribution in [0.2, 0.25) is 0 Å². The molecule has 144 valence electrons. The summed E-state index contributed by atoms with van der Waals surface area (Å²) in [5, 5.41) is 2.71. The second-order valence-corrected chi connectivity index (χ2v) is 6.13. The van der Waals surface area contributed by atoms with E-state index < -0.39 is 5.97 Å². The minimum absolute atomic E-state index is 0.238. The van der Waals surface area contributed by atoms with Crippen molar-refractivity contribution in [1.29, 1.82) is 0 Å². The monoisotopic (exact) mass is 371 g/mol. The first-order valence-electron chi connectivity index (χ1n) is 8.74. The van der Waals surface area contributed by atoms with Crippen LogP contribution in [-0.2, 0) is 20.7 Å². The molecule has 0 aliphatic heterocycles. The number of hydrogen-bond donors (Lipinski definition) is 1. The molecule has 6 nitrogen and oxygen atoms in total. The molecule has 0 atom stereocenters. The number of carbonyl (C=O) groups excluding carboxylic acids is 2. The van der Waals surface area contributed by atoms with Gasteiger partial charge in [-0.15, -0.1) is 0 Å². The molecule has 1 N–H and O–H groups in total. The molecule has 6 heteroatoms. The topological polar surface area (TPSA) is 73.9 Å². The van der Waals surface area contributed by atoms with Gasteiger partial charge in [0.15, 0.2) is 13.2 Å². The third-order valence-electron chi connectivity index (χ3n) is 3.95. The van der Waals surface area contributed by atoms with Crippen LogP contribution in [0, 0.1) is 13.8 Å². The normalized spacial score (nSPS) is 10.2. The number of para-hydroxylation sites is 1. The lowest BCUT2D eigenvalue weighted by atomic mass is 10.1. The van der Waals surface area contributed by atoms with Gasteiger partial charge in [-0.1, -0.05) is 35.9 Å². The molecule has 0 spiro atoms. The summed E-state index contributed by atoms with van der Waals surface area (Å²) in [6.07, 6.45) is 0.625. The maximum Gasteiger partial charge on any atom is 0.344 e. The number of esters is 1. The predicted octanol–water partition coefficient (Wildman–Crippen LogP) is 2.59. The average molecular weight is 371 g/mol. The minimum atomic E-state index is -0.588. The van der Waals surface area contributed by atoms with Crippen molar-refractivity contribution in [2.24, 2.45) is 0 Å². The average Bonchev–Trinajstić information content (AvgIpc) is 2.66.